The van der Waals surface area contributed by atoms with Crippen molar-refractivity contribution >= 4 is 11.6 Å². The smallest absolute Gasteiger partial charge is 0.234 e. The number of nitrogens with two attached hydrogens (primary N) is 1. The largest absolute Gasteiger partial charge is 0.371 e. The van der Waals surface area contributed by atoms with Crippen LogP contribution in [0.15, 0.2) is 60.7 Å². The molecule has 1 atom stereocenters. The van der Waals surface area contributed by atoms with Crippen LogP contribution in [0.1, 0.15) is 12.0 Å². The van der Waals surface area contributed by atoms with E-state index in [-0.39, 0.29) is 5.91 Å². The molecule has 1 amide bonds. The molecule has 1 aliphatic rings. The molecule has 0 saturated carbocycles. The van der Waals surface area contributed by atoms with Crippen molar-refractivity contribution in [3.05, 3.63) is 66.2 Å². The summed E-state index contributed by atoms with van der Waals surface area (Å²) in [7, 11) is 0. The normalized spacial score (nSPS) is 16.5. The van der Waals surface area contributed by atoms with Gasteiger partial charge in [0.25, 0.3) is 0 Å². The van der Waals surface area contributed by atoms with Gasteiger partial charge in [0.15, 0.2) is 0 Å². The third kappa shape index (κ3) is 6.36. The number of nitrogens with one attached hydrogen (secondary N) is 1. The van der Waals surface area contributed by atoms with Gasteiger partial charge in [0, 0.05) is 45.0 Å². The Morgan fingerprint density at radius 1 is 1.07 bits per heavy atom. The van der Waals surface area contributed by atoms with Crippen LogP contribution in [0.25, 0.3) is 0 Å². The topological polar surface area (TPSA) is 61.6 Å². The summed E-state index contributed by atoms with van der Waals surface area (Å²) in [5, 5.41) is 3.14. The minimum Gasteiger partial charge on any atom is -0.371 e. The van der Waals surface area contributed by atoms with Gasteiger partial charge in [-0.2, -0.15) is 0 Å². The summed E-state index contributed by atoms with van der Waals surface area (Å²) in [6.45, 7) is 5.38. The molecule has 1 saturated heterocycles. The number of hydrogen-bond donors (Lipinski definition) is 2. The Balaban J connectivity index is 1.39. The summed E-state index contributed by atoms with van der Waals surface area (Å²) >= 11 is 0. The number of hydrogen-bond acceptors (Lipinski definition) is 4. The number of carbonyl (C=O) groups is 1. The van der Waals surface area contributed by atoms with Crippen LogP contribution >= 0.6 is 0 Å². The summed E-state index contributed by atoms with van der Waals surface area (Å²) in [6.07, 6.45) is 2.05. The Labute approximate surface area is 168 Å². The fourth-order valence-electron chi connectivity index (χ4n) is 3.77. The number of carbonyl (C=O) groups excluding carboxylic acids is 1. The first-order chi connectivity index (χ1) is 13.7. The van der Waals surface area contributed by atoms with Crippen LogP contribution in [0, 0.1) is 5.92 Å². The van der Waals surface area contributed by atoms with E-state index in [9.17, 15) is 4.79 Å². The van der Waals surface area contributed by atoms with Crippen LogP contribution in [0.3, 0.4) is 0 Å². The number of amides is 1. The molecule has 0 spiro atoms. The highest BCUT2D eigenvalue weighted by molar-refractivity contribution is 5.78. The Morgan fingerprint density at radius 3 is 2.50 bits per heavy atom. The molecule has 5 heteroatoms. The predicted molar refractivity (Wildman–Crippen MR) is 115 cm³/mol. The van der Waals surface area contributed by atoms with Crippen molar-refractivity contribution < 1.29 is 4.79 Å². The second-order valence-corrected chi connectivity index (χ2v) is 7.54. The summed E-state index contributed by atoms with van der Waals surface area (Å²) in [5.74, 6) is 0.608. The highest BCUT2D eigenvalue weighted by atomic mass is 16.2. The van der Waals surface area contributed by atoms with Gasteiger partial charge in [-0.1, -0.05) is 48.5 Å². The van der Waals surface area contributed by atoms with E-state index < -0.39 is 0 Å². The zero-order valence-electron chi connectivity index (χ0n) is 16.6. The van der Waals surface area contributed by atoms with Gasteiger partial charge in [0.2, 0.25) is 5.91 Å². The number of benzene rings is 2. The molecular formula is C23H32N4O. The highest BCUT2D eigenvalue weighted by Crippen LogP contribution is 2.22. The van der Waals surface area contributed by atoms with E-state index in [0.29, 0.717) is 19.0 Å². The molecule has 150 valence electrons. The van der Waals surface area contributed by atoms with Crippen LogP contribution in [0.5, 0.6) is 0 Å². The Hall–Kier alpha value is -2.37. The minimum absolute atomic E-state index is 0.0969. The molecule has 0 bridgehead atoms. The standard InChI is InChI=1S/C23H32N4O/c24-13-16-26(14-11-20-7-3-1-4-8-20)19-23(28)25-17-21-12-15-27(18-21)22-9-5-2-6-10-22/h1-10,21H,11-19,24H2,(H,25,28). The molecule has 1 aliphatic heterocycles. The lowest BCUT2D eigenvalue weighted by atomic mass is 10.1. The van der Waals surface area contributed by atoms with E-state index in [2.05, 4.69) is 63.6 Å². The summed E-state index contributed by atoms with van der Waals surface area (Å²) in [5.41, 5.74) is 8.30. The zero-order chi connectivity index (χ0) is 19.6. The molecule has 0 aromatic heterocycles. The number of rotatable bonds is 10. The molecule has 1 unspecified atom stereocenters. The van der Waals surface area contributed by atoms with Gasteiger partial charge in [-0.25, -0.2) is 0 Å². The SMILES string of the molecule is NCCN(CCc1ccccc1)CC(=O)NCC1CCN(c2ccccc2)C1. The number of anilines is 1. The van der Waals surface area contributed by atoms with E-state index in [1.54, 1.807) is 0 Å². The first kappa shape index (κ1) is 20.4. The lowest BCUT2D eigenvalue weighted by Gasteiger charge is -2.22. The first-order valence-corrected chi connectivity index (χ1v) is 10.3. The number of para-hydroxylation sites is 1. The van der Waals surface area contributed by atoms with Gasteiger partial charge >= 0.3 is 0 Å². The molecule has 2 aromatic carbocycles. The Bertz CT molecular complexity index is 707. The van der Waals surface area contributed by atoms with Crippen molar-refractivity contribution in [2.75, 3.05) is 50.7 Å². The molecule has 1 heterocycles. The molecule has 5 nitrogen and oxygen atoms in total. The first-order valence-electron chi connectivity index (χ1n) is 10.3. The van der Waals surface area contributed by atoms with Gasteiger partial charge in [-0.3, -0.25) is 9.69 Å². The average molecular weight is 381 g/mol. The van der Waals surface area contributed by atoms with E-state index in [1.807, 2.05) is 12.1 Å². The number of nitrogens with zero attached hydrogens (tertiary/aromatic N) is 2. The van der Waals surface area contributed by atoms with Crippen molar-refractivity contribution in [1.29, 1.82) is 0 Å². The molecule has 28 heavy (non-hydrogen) atoms. The average Bonchev–Trinajstić information content (AvgIpc) is 3.21. The van der Waals surface area contributed by atoms with E-state index in [4.69, 9.17) is 5.73 Å². The Morgan fingerprint density at radius 2 is 1.79 bits per heavy atom. The van der Waals surface area contributed by atoms with Gasteiger partial charge < -0.3 is 16.0 Å². The summed E-state index contributed by atoms with van der Waals surface area (Å²) in [4.78, 5) is 17.0. The van der Waals surface area contributed by atoms with Gasteiger partial charge in [0.05, 0.1) is 6.54 Å². The molecule has 0 aliphatic carbocycles. The Kier molecular flexibility index (Phi) is 7.88. The van der Waals surface area contributed by atoms with E-state index in [0.717, 1.165) is 45.6 Å². The van der Waals surface area contributed by atoms with Crippen LogP contribution in [0.4, 0.5) is 5.69 Å². The summed E-state index contributed by atoms with van der Waals surface area (Å²) in [6, 6.07) is 20.9. The molecule has 2 aromatic rings. The van der Waals surface area contributed by atoms with Crippen molar-refractivity contribution in [3.63, 3.8) is 0 Å². The van der Waals surface area contributed by atoms with Crippen molar-refractivity contribution in [1.82, 2.24) is 10.2 Å². The molecule has 3 rings (SSSR count). The second-order valence-electron chi connectivity index (χ2n) is 7.54. The minimum atomic E-state index is 0.0969. The van der Waals surface area contributed by atoms with Gasteiger partial charge in [0.1, 0.15) is 0 Å². The molecular weight excluding hydrogens is 348 g/mol. The maximum Gasteiger partial charge on any atom is 0.234 e. The van der Waals surface area contributed by atoms with Crippen LogP contribution < -0.4 is 16.0 Å². The fourth-order valence-corrected chi connectivity index (χ4v) is 3.77. The third-order valence-electron chi connectivity index (χ3n) is 5.37. The van der Waals surface area contributed by atoms with Gasteiger partial charge in [-0.05, 0) is 36.5 Å². The second kappa shape index (κ2) is 10.8. The summed E-state index contributed by atoms with van der Waals surface area (Å²) < 4.78 is 0. The maximum absolute atomic E-state index is 12.4. The van der Waals surface area contributed by atoms with Crippen LogP contribution in [0.2, 0.25) is 0 Å². The zero-order valence-corrected chi connectivity index (χ0v) is 16.6. The highest BCUT2D eigenvalue weighted by Gasteiger charge is 2.23. The fraction of sp³-hybridized carbons (Fsp3) is 0.435. The lowest BCUT2D eigenvalue weighted by molar-refractivity contribution is -0.122. The molecule has 0 radical (unpaired) electrons. The van der Waals surface area contributed by atoms with Crippen molar-refractivity contribution in [2.24, 2.45) is 11.7 Å². The van der Waals surface area contributed by atoms with Crippen LogP contribution in [-0.4, -0.2) is 56.6 Å². The molecule has 1 fully saturated rings. The van der Waals surface area contributed by atoms with E-state index in [1.165, 1.54) is 11.3 Å². The molecule has 3 N–H and O–H groups in total. The van der Waals surface area contributed by atoms with Crippen LogP contribution in [-0.2, 0) is 11.2 Å². The monoisotopic (exact) mass is 380 g/mol. The van der Waals surface area contributed by atoms with Crippen molar-refractivity contribution in [3.8, 4) is 0 Å². The quantitative estimate of drug-likeness (QED) is 0.663. The third-order valence-corrected chi connectivity index (χ3v) is 5.37. The van der Waals surface area contributed by atoms with Gasteiger partial charge in [-0.15, -0.1) is 0 Å². The predicted octanol–water partition coefficient (Wildman–Crippen LogP) is 2.13. The van der Waals surface area contributed by atoms with E-state index >= 15 is 0 Å². The van der Waals surface area contributed by atoms with Crippen molar-refractivity contribution in [2.45, 2.75) is 12.8 Å². The lowest BCUT2D eigenvalue weighted by Crippen LogP contribution is -2.42. The maximum atomic E-state index is 12.4.